The summed E-state index contributed by atoms with van der Waals surface area (Å²) in [5.74, 6) is -0.0152. The molecule has 2 amide bonds. The van der Waals surface area contributed by atoms with E-state index < -0.39 is 0 Å². The van der Waals surface area contributed by atoms with Crippen LogP contribution in [-0.4, -0.2) is 11.8 Å². The lowest BCUT2D eigenvalue weighted by atomic mass is 10.1. The highest BCUT2D eigenvalue weighted by molar-refractivity contribution is 5.98. The van der Waals surface area contributed by atoms with E-state index >= 15 is 0 Å². The van der Waals surface area contributed by atoms with E-state index in [0.717, 1.165) is 29.5 Å². The number of hydrogen-bond acceptors (Lipinski definition) is 3. The standard InChI is InChI=1S/C26H26N2O3/c29-25(23-10-5-11-24(15-23)28-26(30)22-12-13-22)27-16-20-8-4-9-21(14-20)18-31-17-19-6-2-1-3-7-19/h1-11,14-15,22H,12-13,16-18H2,(H,27,29)(H,28,30). The Hall–Kier alpha value is -3.44. The van der Waals surface area contributed by atoms with Crippen molar-refractivity contribution in [1.29, 1.82) is 0 Å². The second-order valence-electron chi connectivity index (χ2n) is 7.83. The minimum atomic E-state index is -0.173. The van der Waals surface area contributed by atoms with Gasteiger partial charge in [0.2, 0.25) is 5.91 Å². The predicted molar refractivity (Wildman–Crippen MR) is 120 cm³/mol. The maximum absolute atomic E-state index is 12.6. The maximum Gasteiger partial charge on any atom is 0.251 e. The first-order valence-corrected chi connectivity index (χ1v) is 10.6. The lowest BCUT2D eigenvalue weighted by molar-refractivity contribution is -0.117. The van der Waals surface area contributed by atoms with Crippen LogP contribution in [0.1, 0.15) is 39.9 Å². The van der Waals surface area contributed by atoms with Gasteiger partial charge in [-0.2, -0.15) is 0 Å². The number of amides is 2. The van der Waals surface area contributed by atoms with Crippen molar-refractivity contribution < 1.29 is 14.3 Å². The molecule has 0 spiro atoms. The molecule has 1 saturated carbocycles. The van der Waals surface area contributed by atoms with E-state index in [1.165, 1.54) is 0 Å². The maximum atomic E-state index is 12.6. The topological polar surface area (TPSA) is 67.4 Å². The molecule has 3 aromatic rings. The van der Waals surface area contributed by atoms with Gasteiger partial charge in [0, 0.05) is 23.7 Å². The lowest BCUT2D eigenvalue weighted by Crippen LogP contribution is -2.23. The molecule has 0 aliphatic heterocycles. The number of ether oxygens (including phenoxy) is 1. The van der Waals surface area contributed by atoms with Crippen LogP contribution >= 0.6 is 0 Å². The molecule has 0 radical (unpaired) electrons. The van der Waals surface area contributed by atoms with E-state index in [1.54, 1.807) is 24.3 Å². The van der Waals surface area contributed by atoms with Crippen molar-refractivity contribution in [3.63, 3.8) is 0 Å². The van der Waals surface area contributed by atoms with E-state index in [4.69, 9.17) is 4.74 Å². The van der Waals surface area contributed by atoms with Crippen molar-refractivity contribution in [1.82, 2.24) is 5.32 Å². The average molecular weight is 415 g/mol. The molecule has 4 rings (SSSR count). The normalized spacial score (nSPS) is 12.9. The molecule has 0 saturated heterocycles. The fourth-order valence-corrected chi connectivity index (χ4v) is 3.30. The van der Waals surface area contributed by atoms with Crippen molar-refractivity contribution in [3.8, 4) is 0 Å². The molecule has 0 atom stereocenters. The summed E-state index contributed by atoms with van der Waals surface area (Å²) in [6.07, 6.45) is 1.89. The van der Waals surface area contributed by atoms with E-state index in [2.05, 4.69) is 10.6 Å². The van der Waals surface area contributed by atoms with E-state index in [9.17, 15) is 9.59 Å². The highest BCUT2D eigenvalue weighted by atomic mass is 16.5. The Morgan fingerprint density at radius 3 is 2.32 bits per heavy atom. The molecule has 0 heterocycles. The van der Waals surface area contributed by atoms with Crippen LogP contribution in [0, 0.1) is 5.92 Å². The van der Waals surface area contributed by atoms with Crippen LogP contribution in [0.25, 0.3) is 0 Å². The summed E-state index contributed by atoms with van der Waals surface area (Å²) >= 11 is 0. The van der Waals surface area contributed by atoms with Crippen LogP contribution in [0.15, 0.2) is 78.9 Å². The smallest absolute Gasteiger partial charge is 0.251 e. The largest absolute Gasteiger partial charge is 0.372 e. The van der Waals surface area contributed by atoms with Gasteiger partial charge >= 0.3 is 0 Å². The number of benzene rings is 3. The Labute approximate surface area is 182 Å². The van der Waals surface area contributed by atoms with Crippen molar-refractivity contribution in [2.45, 2.75) is 32.6 Å². The zero-order chi connectivity index (χ0) is 21.5. The molecule has 158 valence electrons. The molecule has 5 nitrogen and oxygen atoms in total. The van der Waals surface area contributed by atoms with Crippen LogP contribution in [-0.2, 0) is 29.3 Å². The molecule has 2 N–H and O–H groups in total. The first-order valence-electron chi connectivity index (χ1n) is 10.6. The number of anilines is 1. The van der Waals surface area contributed by atoms with Crippen LogP contribution in [0.3, 0.4) is 0 Å². The molecule has 3 aromatic carbocycles. The third-order valence-electron chi connectivity index (χ3n) is 5.17. The molecule has 1 fully saturated rings. The summed E-state index contributed by atoms with van der Waals surface area (Å²) in [4.78, 5) is 24.5. The third kappa shape index (κ3) is 6.27. The number of carbonyl (C=O) groups excluding carboxylic acids is 2. The summed E-state index contributed by atoms with van der Waals surface area (Å²) in [7, 11) is 0. The van der Waals surface area contributed by atoms with Crippen molar-refractivity contribution in [2.24, 2.45) is 5.92 Å². The third-order valence-corrected chi connectivity index (χ3v) is 5.17. The van der Waals surface area contributed by atoms with Gasteiger partial charge in [-0.3, -0.25) is 9.59 Å². The fourth-order valence-electron chi connectivity index (χ4n) is 3.30. The Bertz CT molecular complexity index is 1050. The number of carbonyl (C=O) groups is 2. The van der Waals surface area contributed by atoms with Gasteiger partial charge in [-0.05, 0) is 47.7 Å². The molecule has 0 unspecified atom stereocenters. The number of rotatable bonds is 9. The van der Waals surface area contributed by atoms with E-state index in [-0.39, 0.29) is 17.7 Å². The van der Waals surface area contributed by atoms with Crippen LogP contribution < -0.4 is 10.6 Å². The second kappa shape index (κ2) is 10.0. The number of nitrogens with one attached hydrogen (secondary N) is 2. The molecule has 5 heteroatoms. The van der Waals surface area contributed by atoms with Gasteiger partial charge in [0.15, 0.2) is 0 Å². The molecule has 0 bridgehead atoms. The van der Waals surface area contributed by atoms with E-state index in [1.807, 2.05) is 54.6 Å². The minimum absolute atomic E-state index is 0.0313. The van der Waals surface area contributed by atoms with Gasteiger partial charge in [0.25, 0.3) is 5.91 Å². The van der Waals surface area contributed by atoms with Crippen LogP contribution in [0.4, 0.5) is 5.69 Å². The first-order chi connectivity index (χ1) is 15.2. The lowest BCUT2D eigenvalue weighted by Gasteiger charge is -2.10. The van der Waals surface area contributed by atoms with E-state index in [0.29, 0.717) is 31.0 Å². The summed E-state index contributed by atoms with van der Waals surface area (Å²) in [6.45, 7) is 1.50. The van der Waals surface area contributed by atoms with Gasteiger partial charge in [-0.15, -0.1) is 0 Å². The Morgan fingerprint density at radius 2 is 1.52 bits per heavy atom. The van der Waals surface area contributed by atoms with Crippen molar-refractivity contribution >= 4 is 17.5 Å². The average Bonchev–Trinajstić information content (AvgIpc) is 3.64. The quantitative estimate of drug-likeness (QED) is 0.534. The van der Waals surface area contributed by atoms with Crippen molar-refractivity contribution in [3.05, 3.63) is 101 Å². The molecule has 31 heavy (non-hydrogen) atoms. The van der Waals surface area contributed by atoms with Gasteiger partial charge in [-0.1, -0.05) is 60.7 Å². The Balaban J connectivity index is 1.28. The first kappa shape index (κ1) is 20.8. The van der Waals surface area contributed by atoms with Gasteiger partial charge < -0.3 is 15.4 Å². The number of hydrogen-bond donors (Lipinski definition) is 2. The monoisotopic (exact) mass is 414 g/mol. The second-order valence-corrected chi connectivity index (χ2v) is 7.83. The van der Waals surface area contributed by atoms with Gasteiger partial charge in [-0.25, -0.2) is 0 Å². The Kier molecular flexibility index (Phi) is 6.75. The highest BCUT2D eigenvalue weighted by Crippen LogP contribution is 2.30. The summed E-state index contributed by atoms with van der Waals surface area (Å²) in [5, 5.41) is 5.83. The van der Waals surface area contributed by atoms with Crippen LogP contribution in [0.5, 0.6) is 0 Å². The van der Waals surface area contributed by atoms with Gasteiger partial charge in [0.05, 0.1) is 13.2 Å². The molecule has 1 aliphatic carbocycles. The molecule has 0 aromatic heterocycles. The molecular weight excluding hydrogens is 388 g/mol. The minimum Gasteiger partial charge on any atom is -0.372 e. The summed E-state index contributed by atoms with van der Waals surface area (Å²) in [6, 6.07) is 25.1. The van der Waals surface area contributed by atoms with Crippen molar-refractivity contribution in [2.75, 3.05) is 5.32 Å². The fraction of sp³-hybridized carbons (Fsp3) is 0.231. The van der Waals surface area contributed by atoms with Gasteiger partial charge in [0.1, 0.15) is 0 Å². The zero-order valence-electron chi connectivity index (χ0n) is 17.3. The summed E-state index contributed by atoms with van der Waals surface area (Å²) in [5.41, 5.74) is 4.39. The predicted octanol–water partition coefficient (Wildman–Crippen LogP) is 4.68. The van der Waals surface area contributed by atoms with Crippen LogP contribution in [0.2, 0.25) is 0 Å². The zero-order valence-corrected chi connectivity index (χ0v) is 17.3. The highest BCUT2D eigenvalue weighted by Gasteiger charge is 2.29. The molecule has 1 aliphatic rings. The Morgan fingerprint density at radius 1 is 0.806 bits per heavy atom. The SMILES string of the molecule is O=C(NCc1cccc(COCc2ccccc2)c1)c1cccc(NC(=O)C2CC2)c1. The summed E-state index contributed by atoms with van der Waals surface area (Å²) < 4.78 is 5.80. The molecular formula is C26H26N2O3.